The van der Waals surface area contributed by atoms with Crippen molar-refractivity contribution in [2.75, 3.05) is 49.8 Å². The number of nitrogens with zero attached hydrogens (tertiary/aromatic N) is 6. The average Bonchev–Trinajstić information content (AvgIpc) is 3.79. The van der Waals surface area contributed by atoms with Gasteiger partial charge in [0.2, 0.25) is 0 Å². The smallest absolute Gasteiger partial charge is 0.318 e. The molecule has 0 spiro atoms. The van der Waals surface area contributed by atoms with Crippen LogP contribution in [0.15, 0.2) is 30.5 Å². The Morgan fingerprint density at radius 1 is 1.23 bits per heavy atom. The Labute approximate surface area is 313 Å². The van der Waals surface area contributed by atoms with Crippen molar-refractivity contribution in [1.29, 1.82) is 5.26 Å². The standard InChI is InChI=1S/C28H22ClF2N7O2S.C7H12FN.C2H6O/c1-11-10-40-23-19-22(36-28(39-3)37-27(19)38(11)12(2)13-5-4-8-35-25(13)33)21(31)18(20(23)29)14-6-7-16(30)24-17(14)15(9-32)26(34)41-24;8-6-4-7-2-1-3-9(7)5-6;1-2-3/h4-8,11-12H,10,34H2,1-3H3,(H2,33,35);6-7H,1-5H2;3H,2H2,1H3/t11-,12+;;/m0../s1. The minimum Gasteiger partial charge on any atom is -0.489 e. The first-order chi connectivity index (χ1) is 25.4. The number of benzene rings is 2. The fraction of sp³-hybridized carbons (Fsp3) is 0.405. The van der Waals surface area contributed by atoms with E-state index in [1.165, 1.54) is 32.1 Å². The van der Waals surface area contributed by atoms with Gasteiger partial charge in [-0.05, 0) is 64.3 Å². The minimum absolute atomic E-state index is 0.0329. The normalized spacial score (nSPS) is 19.7. The number of thiophene rings is 1. The number of nitrogen functional groups attached to an aromatic ring is 2. The lowest BCUT2D eigenvalue weighted by Crippen LogP contribution is -2.39. The molecule has 5 N–H and O–H groups in total. The highest BCUT2D eigenvalue weighted by Crippen LogP contribution is 2.52. The average molecular weight is 769 g/mol. The lowest BCUT2D eigenvalue weighted by atomic mass is 9.96. The van der Waals surface area contributed by atoms with E-state index in [4.69, 9.17) is 37.6 Å². The highest BCUT2D eigenvalue weighted by atomic mass is 35.5. The molecule has 11 nitrogen and oxygen atoms in total. The molecule has 0 aliphatic carbocycles. The number of aromatic nitrogens is 3. The molecule has 2 saturated heterocycles. The number of nitrogens with two attached hydrogens (primary N) is 2. The van der Waals surface area contributed by atoms with Gasteiger partial charge in [-0.1, -0.05) is 23.7 Å². The molecule has 6 heterocycles. The SMILES string of the molecule is CCO.COc1nc2c3c(c(Cl)c(-c4ccc(F)c5sc(N)c(C#N)c45)c(F)c3n1)OC[C@H](C)N2[C@H](C)c1cccnc1N.FC1CC2CCCN2C1. The van der Waals surface area contributed by atoms with Gasteiger partial charge in [0.05, 0.1) is 39.9 Å². The molecule has 53 heavy (non-hydrogen) atoms. The highest BCUT2D eigenvalue weighted by molar-refractivity contribution is 7.23. The van der Waals surface area contributed by atoms with Gasteiger partial charge in [0, 0.05) is 41.9 Å². The van der Waals surface area contributed by atoms with Crippen LogP contribution in [0.4, 0.5) is 29.8 Å². The van der Waals surface area contributed by atoms with Crippen LogP contribution in [0.2, 0.25) is 5.02 Å². The van der Waals surface area contributed by atoms with Crippen LogP contribution in [0.5, 0.6) is 11.8 Å². The third kappa shape index (κ3) is 6.96. The van der Waals surface area contributed by atoms with E-state index < -0.39 is 17.8 Å². The van der Waals surface area contributed by atoms with Crippen LogP contribution in [0.25, 0.3) is 32.1 Å². The third-order valence-electron chi connectivity index (χ3n) is 9.71. The molecule has 5 aromatic rings. The molecule has 16 heteroatoms. The number of alkyl halides is 1. The second-order valence-electron chi connectivity index (χ2n) is 13.0. The maximum atomic E-state index is 16.7. The van der Waals surface area contributed by atoms with Gasteiger partial charge in [0.25, 0.3) is 0 Å². The molecule has 0 bridgehead atoms. The molecule has 0 saturated carbocycles. The molecule has 2 unspecified atom stereocenters. The van der Waals surface area contributed by atoms with E-state index >= 15 is 4.39 Å². The summed E-state index contributed by atoms with van der Waals surface area (Å²) in [6, 6.07) is 8.07. The number of methoxy groups -OCH3 is 1. The molecular formula is C37H40ClF3N8O3S. The van der Waals surface area contributed by atoms with Crippen molar-refractivity contribution in [3.63, 3.8) is 0 Å². The summed E-state index contributed by atoms with van der Waals surface area (Å²) in [7, 11) is 1.38. The van der Waals surface area contributed by atoms with Gasteiger partial charge in [-0.15, -0.1) is 11.3 Å². The van der Waals surface area contributed by atoms with Crippen LogP contribution in [0.3, 0.4) is 0 Å². The maximum absolute atomic E-state index is 16.7. The molecule has 280 valence electrons. The van der Waals surface area contributed by atoms with Crippen LogP contribution in [-0.4, -0.2) is 76.6 Å². The van der Waals surface area contributed by atoms with Crippen molar-refractivity contribution < 1.29 is 27.8 Å². The molecule has 3 aliphatic heterocycles. The van der Waals surface area contributed by atoms with Crippen LogP contribution in [0.1, 0.15) is 57.2 Å². The molecule has 2 aromatic carbocycles. The zero-order chi connectivity index (χ0) is 38.1. The second-order valence-corrected chi connectivity index (χ2v) is 14.4. The fourth-order valence-electron chi connectivity index (χ4n) is 7.41. The van der Waals surface area contributed by atoms with E-state index in [1.54, 1.807) is 19.2 Å². The van der Waals surface area contributed by atoms with E-state index in [9.17, 15) is 14.0 Å². The Bertz CT molecular complexity index is 2190. The number of fused-ring (bicyclic) bond motifs is 2. The molecule has 0 amide bonds. The number of anilines is 3. The second kappa shape index (κ2) is 15.8. The van der Waals surface area contributed by atoms with E-state index in [0.717, 1.165) is 29.9 Å². The Hall–Kier alpha value is -4.62. The number of hydrogen-bond donors (Lipinski definition) is 3. The topological polar surface area (TPSA) is 160 Å². The van der Waals surface area contributed by atoms with Gasteiger partial charge in [0.1, 0.15) is 46.8 Å². The highest BCUT2D eigenvalue weighted by Gasteiger charge is 2.37. The quantitative estimate of drug-likeness (QED) is 0.167. The van der Waals surface area contributed by atoms with Crippen molar-refractivity contribution in [3.05, 3.63) is 58.2 Å². The predicted octanol–water partition coefficient (Wildman–Crippen LogP) is 7.42. The van der Waals surface area contributed by atoms with Gasteiger partial charge in [-0.2, -0.15) is 15.2 Å². The van der Waals surface area contributed by atoms with Gasteiger partial charge in [0.15, 0.2) is 11.6 Å². The van der Waals surface area contributed by atoms with Gasteiger partial charge in [-0.25, -0.2) is 18.2 Å². The summed E-state index contributed by atoms with van der Waals surface area (Å²) >= 11 is 7.84. The number of halogens is 4. The fourth-order valence-corrected chi connectivity index (χ4v) is 8.69. The number of aliphatic hydroxyl groups excluding tert-OH is 1. The van der Waals surface area contributed by atoms with Crippen molar-refractivity contribution in [2.45, 2.75) is 64.3 Å². The molecule has 3 aromatic heterocycles. The van der Waals surface area contributed by atoms with Gasteiger partial charge >= 0.3 is 6.01 Å². The summed E-state index contributed by atoms with van der Waals surface area (Å²) < 4.78 is 55.9. The molecular weight excluding hydrogens is 729 g/mol. The maximum Gasteiger partial charge on any atom is 0.318 e. The monoisotopic (exact) mass is 768 g/mol. The predicted molar refractivity (Wildman–Crippen MR) is 202 cm³/mol. The first-order valence-electron chi connectivity index (χ1n) is 17.2. The van der Waals surface area contributed by atoms with E-state index in [1.807, 2.05) is 30.9 Å². The summed E-state index contributed by atoms with van der Waals surface area (Å²) in [4.78, 5) is 17.4. The zero-order valence-electron chi connectivity index (χ0n) is 29.7. The Morgan fingerprint density at radius 3 is 2.66 bits per heavy atom. The number of aliphatic hydroxyl groups is 1. The lowest BCUT2D eigenvalue weighted by Gasteiger charge is -2.35. The molecule has 3 aliphatic rings. The lowest BCUT2D eigenvalue weighted by molar-refractivity contribution is 0.291. The summed E-state index contributed by atoms with van der Waals surface area (Å²) in [5.74, 6) is -0.581. The zero-order valence-corrected chi connectivity index (χ0v) is 31.2. The summed E-state index contributed by atoms with van der Waals surface area (Å²) in [6.07, 6.45) is 4.41. The van der Waals surface area contributed by atoms with Crippen LogP contribution in [0, 0.1) is 23.0 Å². The van der Waals surface area contributed by atoms with Crippen molar-refractivity contribution >= 4 is 60.6 Å². The minimum atomic E-state index is -0.816. The Kier molecular flexibility index (Phi) is 11.3. The van der Waals surface area contributed by atoms with Crippen LogP contribution >= 0.6 is 22.9 Å². The number of ether oxygens (including phenoxy) is 2. The van der Waals surface area contributed by atoms with Crippen molar-refractivity contribution in [2.24, 2.45) is 0 Å². The first-order valence-corrected chi connectivity index (χ1v) is 18.4. The number of pyridine rings is 1. The Balaban J connectivity index is 0.000000340. The van der Waals surface area contributed by atoms with Crippen LogP contribution < -0.4 is 25.8 Å². The molecule has 0 radical (unpaired) electrons. The molecule has 2 fully saturated rings. The summed E-state index contributed by atoms with van der Waals surface area (Å²) in [5, 5.41) is 17.8. The molecule has 8 rings (SSSR count). The van der Waals surface area contributed by atoms with Gasteiger partial charge < -0.3 is 30.9 Å². The summed E-state index contributed by atoms with van der Waals surface area (Å²) in [6.45, 7) is 7.80. The van der Waals surface area contributed by atoms with Crippen LogP contribution in [-0.2, 0) is 0 Å². The largest absolute Gasteiger partial charge is 0.489 e. The number of hydrogen-bond acceptors (Lipinski definition) is 12. The first kappa shape index (κ1) is 38.1. The van der Waals surface area contributed by atoms with Crippen molar-refractivity contribution in [3.8, 4) is 29.0 Å². The Morgan fingerprint density at radius 2 is 1.98 bits per heavy atom. The molecule has 4 atom stereocenters. The van der Waals surface area contributed by atoms with E-state index in [-0.39, 0.29) is 84.8 Å². The number of nitriles is 1. The number of rotatable bonds is 4. The van der Waals surface area contributed by atoms with Gasteiger partial charge in [-0.3, -0.25) is 4.90 Å². The summed E-state index contributed by atoms with van der Waals surface area (Å²) in [5.41, 5.74) is 13.0. The van der Waals surface area contributed by atoms with E-state index in [0.29, 0.717) is 24.2 Å². The van der Waals surface area contributed by atoms with E-state index in [2.05, 4.69) is 19.9 Å². The van der Waals surface area contributed by atoms with Crippen molar-refractivity contribution in [1.82, 2.24) is 19.9 Å². The third-order valence-corrected chi connectivity index (χ3v) is 11.1.